The maximum Gasteiger partial charge on any atom is 0.251 e. The Bertz CT molecular complexity index is 1320. The summed E-state index contributed by atoms with van der Waals surface area (Å²) >= 11 is 0. The normalized spacial score (nSPS) is 22.8. The second-order valence-electron chi connectivity index (χ2n) is 11.2. The topological polar surface area (TPSA) is 106 Å². The van der Waals surface area contributed by atoms with Crippen LogP contribution in [-0.2, 0) is 17.8 Å². The van der Waals surface area contributed by atoms with E-state index in [9.17, 15) is 9.59 Å². The largest absolute Gasteiger partial charge is 0.494 e. The lowest BCUT2D eigenvalue weighted by Gasteiger charge is -2.38. The van der Waals surface area contributed by atoms with Crippen LogP contribution in [0.15, 0.2) is 53.5 Å². The van der Waals surface area contributed by atoms with E-state index in [1.165, 1.54) is 10.5 Å². The van der Waals surface area contributed by atoms with Gasteiger partial charge in [-0.3, -0.25) is 14.5 Å². The summed E-state index contributed by atoms with van der Waals surface area (Å²) in [5.41, 5.74) is 9.22. The SMILES string of the molecule is CC.CCOc1ccc2cc1CN1C(=O)CC(CCC/C=C\Cc3ccc4c(c3)C(CC(C)(C)O4)NC2=O)N=C1N. The van der Waals surface area contributed by atoms with Gasteiger partial charge in [-0.25, -0.2) is 4.99 Å². The first kappa shape index (κ1) is 30.2. The van der Waals surface area contributed by atoms with Gasteiger partial charge in [-0.1, -0.05) is 32.1 Å². The number of guanidine groups is 1. The summed E-state index contributed by atoms with van der Waals surface area (Å²) in [4.78, 5) is 32.8. The van der Waals surface area contributed by atoms with Crippen LogP contribution in [0, 0.1) is 0 Å². The monoisotopic (exact) mass is 560 g/mol. The van der Waals surface area contributed by atoms with E-state index >= 15 is 0 Å². The lowest BCUT2D eigenvalue weighted by atomic mass is 9.88. The number of nitrogens with zero attached hydrogens (tertiary/aromatic N) is 2. The van der Waals surface area contributed by atoms with Crippen molar-refractivity contribution in [1.82, 2.24) is 10.2 Å². The number of carbonyl (C=O) groups is 2. The average molecular weight is 561 g/mol. The number of benzene rings is 2. The molecule has 4 heterocycles. The van der Waals surface area contributed by atoms with Crippen LogP contribution in [-0.4, -0.2) is 40.9 Å². The molecule has 2 aromatic rings. The second kappa shape index (κ2) is 13.2. The van der Waals surface area contributed by atoms with Crippen LogP contribution in [0.3, 0.4) is 0 Å². The van der Waals surface area contributed by atoms with E-state index in [1.807, 2.05) is 40.7 Å². The van der Waals surface area contributed by atoms with E-state index in [0.29, 0.717) is 36.3 Å². The van der Waals surface area contributed by atoms with Gasteiger partial charge in [0.05, 0.1) is 25.2 Å². The first-order valence-electron chi connectivity index (χ1n) is 14.9. The van der Waals surface area contributed by atoms with Gasteiger partial charge in [0.2, 0.25) is 5.91 Å². The fraction of sp³-hybridized carbons (Fsp3) is 0.485. The minimum absolute atomic E-state index is 0.0646. The lowest BCUT2D eigenvalue weighted by Crippen LogP contribution is -2.46. The Hall–Kier alpha value is -3.81. The summed E-state index contributed by atoms with van der Waals surface area (Å²) in [6.45, 7) is 10.6. The van der Waals surface area contributed by atoms with Crippen LogP contribution in [0.1, 0.15) is 99.8 Å². The van der Waals surface area contributed by atoms with E-state index in [4.69, 9.17) is 15.2 Å². The average Bonchev–Trinajstić information content (AvgIpc) is 2.93. The van der Waals surface area contributed by atoms with Gasteiger partial charge in [-0.15, -0.1) is 0 Å². The predicted molar refractivity (Wildman–Crippen MR) is 162 cm³/mol. The molecule has 0 saturated heterocycles. The van der Waals surface area contributed by atoms with Crippen molar-refractivity contribution in [2.75, 3.05) is 6.61 Å². The number of carbonyl (C=O) groups excluding carboxylic acids is 2. The van der Waals surface area contributed by atoms with Crippen molar-refractivity contribution in [1.29, 1.82) is 0 Å². The van der Waals surface area contributed by atoms with Crippen LogP contribution in [0.5, 0.6) is 11.5 Å². The van der Waals surface area contributed by atoms with E-state index in [1.54, 1.807) is 18.2 Å². The molecule has 0 saturated carbocycles. The Balaban J connectivity index is 0.00000189. The fourth-order valence-corrected chi connectivity index (χ4v) is 5.60. The predicted octanol–water partition coefficient (Wildman–Crippen LogP) is 5.84. The van der Waals surface area contributed by atoms with Crippen molar-refractivity contribution in [3.8, 4) is 11.5 Å². The molecule has 6 rings (SSSR count). The third-order valence-corrected chi connectivity index (χ3v) is 7.52. The molecule has 8 heteroatoms. The maximum atomic E-state index is 13.6. The molecular weight excluding hydrogens is 516 g/mol. The Kier molecular flexibility index (Phi) is 9.73. The van der Waals surface area contributed by atoms with Crippen molar-refractivity contribution in [2.24, 2.45) is 10.7 Å². The summed E-state index contributed by atoms with van der Waals surface area (Å²) < 4.78 is 12.1. The number of hydrogen-bond donors (Lipinski definition) is 2. The van der Waals surface area contributed by atoms with E-state index in [-0.39, 0.29) is 36.4 Å². The van der Waals surface area contributed by atoms with Crippen molar-refractivity contribution < 1.29 is 19.1 Å². The molecule has 0 spiro atoms. The molecule has 2 amide bonds. The first-order chi connectivity index (χ1) is 19.7. The third kappa shape index (κ3) is 7.29. The number of allylic oxidation sites excluding steroid dienone is 2. The number of amides is 2. The minimum atomic E-state index is -0.423. The van der Waals surface area contributed by atoms with Gasteiger partial charge >= 0.3 is 0 Å². The number of nitrogens with two attached hydrogens (primary N) is 1. The highest BCUT2D eigenvalue weighted by Crippen LogP contribution is 2.40. The van der Waals surface area contributed by atoms with Gasteiger partial charge in [0.1, 0.15) is 17.1 Å². The molecule has 2 aromatic carbocycles. The summed E-state index contributed by atoms with van der Waals surface area (Å²) in [7, 11) is 0. The highest BCUT2D eigenvalue weighted by molar-refractivity contribution is 5.99. The molecular formula is C33H44N4O4. The highest BCUT2D eigenvalue weighted by atomic mass is 16.5. The molecule has 0 aromatic heterocycles. The van der Waals surface area contributed by atoms with Crippen molar-refractivity contribution in [3.63, 3.8) is 0 Å². The zero-order valence-corrected chi connectivity index (χ0v) is 25.0. The highest BCUT2D eigenvalue weighted by Gasteiger charge is 2.35. The van der Waals surface area contributed by atoms with Gasteiger partial charge < -0.3 is 20.5 Å². The third-order valence-electron chi connectivity index (χ3n) is 7.52. The van der Waals surface area contributed by atoms with Crippen molar-refractivity contribution in [2.45, 2.75) is 97.4 Å². The van der Waals surface area contributed by atoms with E-state index in [2.05, 4.69) is 34.6 Å². The molecule has 220 valence electrons. The quantitative estimate of drug-likeness (QED) is 0.449. The molecule has 6 bridgehead atoms. The van der Waals surface area contributed by atoms with Crippen molar-refractivity contribution >= 4 is 17.8 Å². The zero-order valence-electron chi connectivity index (χ0n) is 25.0. The van der Waals surface area contributed by atoms with E-state index in [0.717, 1.165) is 37.0 Å². The molecule has 2 unspecified atom stereocenters. The molecule has 8 nitrogen and oxygen atoms in total. The molecule has 4 aliphatic rings. The van der Waals surface area contributed by atoms with Gasteiger partial charge in [0.15, 0.2) is 5.96 Å². The van der Waals surface area contributed by atoms with Crippen molar-refractivity contribution in [3.05, 3.63) is 70.8 Å². The molecule has 3 N–H and O–H groups in total. The molecule has 0 radical (unpaired) electrons. The summed E-state index contributed by atoms with van der Waals surface area (Å²) in [6, 6.07) is 11.3. The molecule has 2 atom stereocenters. The summed E-state index contributed by atoms with van der Waals surface area (Å²) in [5.74, 6) is 1.38. The van der Waals surface area contributed by atoms with Crippen LogP contribution >= 0.6 is 0 Å². The smallest absolute Gasteiger partial charge is 0.251 e. The Morgan fingerprint density at radius 2 is 1.95 bits per heavy atom. The van der Waals surface area contributed by atoms with Crippen LogP contribution < -0.4 is 20.5 Å². The minimum Gasteiger partial charge on any atom is -0.494 e. The summed E-state index contributed by atoms with van der Waals surface area (Å²) in [6.07, 6.45) is 8.77. The fourth-order valence-electron chi connectivity index (χ4n) is 5.60. The number of ether oxygens (including phenoxy) is 2. The maximum absolute atomic E-state index is 13.6. The van der Waals surface area contributed by atoms with Crippen LogP contribution in [0.2, 0.25) is 0 Å². The van der Waals surface area contributed by atoms with Crippen LogP contribution in [0.25, 0.3) is 0 Å². The van der Waals surface area contributed by atoms with Gasteiger partial charge in [-0.2, -0.15) is 0 Å². The van der Waals surface area contributed by atoms with Gasteiger partial charge in [0.25, 0.3) is 5.91 Å². The zero-order chi connectivity index (χ0) is 29.6. The number of nitrogens with one attached hydrogen (secondary N) is 1. The van der Waals surface area contributed by atoms with Gasteiger partial charge in [0, 0.05) is 29.5 Å². The molecule has 0 aliphatic carbocycles. The summed E-state index contributed by atoms with van der Waals surface area (Å²) in [5, 5.41) is 3.25. The molecule has 41 heavy (non-hydrogen) atoms. The second-order valence-corrected chi connectivity index (χ2v) is 11.2. The number of fused-ring (bicyclic) bond motifs is 6. The standard InChI is InChI=1S/C31H38N4O4.C2H6/c1-4-38-26-14-12-21-16-22(26)19-35-28(36)17-23(33-30(35)32)10-8-6-5-7-9-20-11-13-27-24(15-20)25(34-29(21)37)18-31(2,3)39-27;1-2/h5,7,11-16,23,25H,4,6,8-10,17-19H2,1-3H3,(H2,32,33)(H,34,37);1-2H3/b7-5-;. The lowest BCUT2D eigenvalue weighted by molar-refractivity contribution is -0.128. The number of rotatable bonds is 2. The number of hydrogen-bond acceptors (Lipinski definition) is 6. The van der Waals surface area contributed by atoms with Gasteiger partial charge in [-0.05, 0) is 82.3 Å². The Labute approximate surface area is 244 Å². The van der Waals surface area contributed by atoms with E-state index < -0.39 is 5.60 Å². The van der Waals surface area contributed by atoms with Crippen LogP contribution in [0.4, 0.5) is 0 Å². The Morgan fingerprint density at radius 3 is 2.71 bits per heavy atom. The first-order valence-corrected chi connectivity index (χ1v) is 14.9. The molecule has 0 fully saturated rings. The Morgan fingerprint density at radius 1 is 1.15 bits per heavy atom. The number of aliphatic imine (C=N–C) groups is 1. The molecule has 4 aliphatic heterocycles.